The van der Waals surface area contributed by atoms with E-state index in [2.05, 4.69) is 10.3 Å². The molecule has 0 bridgehead atoms. The molecule has 1 N–H and O–H groups in total. The number of rotatable bonds is 5. The zero-order valence-corrected chi connectivity index (χ0v) is 15.4. The summed E-state index contributed by atoms with van der Waals surface area (Å²) in [5.74, 6) is 0.0221. The molecule has 2 heterocycles. The molecular formula is C18H20ClN3O2S. The molecule has 0 radical (unpaired) electrons. The lowest BCUT2D eigenvalue weighted by molar-refractivity contribution is -0.126. The molecule has 1 aliphatic heterocycles. The molecule has 5 nitrogen and oxygen atoms in total. The minimum absolute atomic E-state index is 0.0232. The molecule has 1 aromatic carbocycles. The van der Waals surface area contributed by atoms with Crippen LogP contribution in [-0.2, 0) is 11.2 Å². The maximum absolute atomic E-state index is 12.5. The Morgan fingerprint density at radius 2 is 2.12 bits per heavy atom. The van der Waals surface area contributed by atoms with Crippen molar-refractivity contribution in [3.8, 4) is 0 Å². The summed E-state index contributed by atoms with van der Waals surface area (Å²) in [6.07, 6.45) is 2.13. The van der Waals surface area contributed by atoms with Crippen molar-refractivity contribution in [1.29, 1.82) is 0 Å². The number of nitrogens with zero attached hydrogens (tertiary/aromatic N) is 2. The van der Waals surface area contributed by atoms with E-state index in [1.54, 1.807) is 46.0 Å². The number of hydrogen-bond acceptors (Lipinski definition) is 4. The molecule has 0 spiro atoms. The smallest absolute Gasteiger partial charge is 0.253 e. The third-order valence-electron chi connectivity index (χ3n) is 4.39. The van der Waals surface area contributed by atoms with Gasteiger partial charge in [0, 0.05) is 47.9 Å². The van der Waals surface area contributed by atoms with E-state index in [-0.39, 0.29) is 17.7 Å². The van der Waals surface area contributed by atoms with E-state index in [9.17, 15) is 9.59 Å². The fraction of sp³-hybridized carbons (Fsp3) is 0.389. The number of likely N-dealkylation sites (tertiary alicyclic amines) is 1. The molecule has 1 aliphatic rings. The van der Waals surface area contributed by atoms with Crippen LogP contribution in [0.15, 0.2) is 35.2 Å². The maximum Gasteiger partial charge on any atom is 0.253 e. The average Bonchev–Trinajstić information content (AvgIpc) is 3.14. The molecule has 0 unspecified atom stereocenters. The van der Waals surface area contributed by atoms with E-state index in [1.165, 1.54) is 0 Å². The minimum atomic E-state index is -0.0288. The molecule has 2 aromatic rings. The van der Waals surface area contributed by atoms with Gasteiger partial charge < -0.3 is 10.2 Å². The Labute approximate surface area is 156 Å². The molecule has 1 saturated heterocycles. The van der Waals surface area contributed by atoms with E-state index in [0.29, 0.717) is 43.1 Å². The molecule has 25 heavy (non-hydrogen) atoms. The summed E-state index contributed by atoms with van der Waals surface area (Å²) >= 11 is 7.51. The van der Waals surface area contributed by atoms with Gasteiger partial charge in [-0.25, -0.2) is 4.98 Å². The molecular weight excluding hydrogens is 358 g/mol. The lowest BCUT2D eigenvalue weighted by Crippen LogP contribution is -2.43. The highest BCUT2D eigenvalue weighted by atomic mass is 35.5. The van der Waals surface area contributed by atoms with Crippen LogP contribution in [0.3, 0.4) is 0 Å². The van der Waals surface area contributed by atoms with Crippen LogP contribution < -0.4 is 5.32 Å². The summed E-state index contributed by atoms with van der Waals surface area (Å²) in [5, 5.41) is 5.53. The van der Waals surface area contributed by atoms with Gasteiger partial charge in [-0.3, -0.25) is 9.59 Å². The molecule has 0 saturated carbocycles. The quantitative estimate of drug-likeness (QED) is 0.871. The van der Waals surface area contributed by atoms with Gasteiger partial charge in [-0.2, -0.15) is 0 Å². The largest absolute Gasteiger partial charge is 0.355 e. The third kappa shape index (κ3) is 4.80. The van der Waals surface area contributed by atoms with E-state index in [4.69, 9.17) is 11.6 Å². The second kappa shape index (κ2) is 8.45. The first kappa shape index (κ1) is 17.9. The Balaban J connectivity index is 1.44. The lowest BCUT2D eigenvalue weighted by atomic mass is 9.95. The highest BCUT2D eigenvalue weighted by molar-refractivity contribution is 7.07. The summed E-state index contributed by atoms with van der Waals surface area (Å²) in [4.78, 5) is 30.8. The van der Waals surface area contributed by atoms with Crippen molar-refractivity contribution in [3.05, 3.63) is 51.4 Å². The van der Waals surface area contributed by atoms with Crippen molar-refractivity contribution in [2.45, 2.75) is 19.3 Å². The summed E-state index contributed by atoms with van der Waals surface area (Å²) in [7, 11) is 0. The zero-order valence-electron chi connectivity index (χ0n) is 13.8. The van der Waals surface area contributed by atoms with Gasteiger partial charge in [-0.05, 0) is 31.0 Å². The van der Waals surface area contributed by atoms with Gasteiger partial charge in [-0.1, -0.05) is 17.7 Å². The number of amides is 2. The highest BCUT2D eigenvalue weighted by Crippen LogP contribution is 2.20. The van der Waals surface area contributed by atoms with Crippen molar-refractivity contribution >= 4 is 34.8 Å². The summed E-state index contributed by atoms with van der Waals surface area (Å²) in [6, 6.07) is 6.98. The van der Waals surface area contributed by atoms with Crippen molar-refractivity contribution in [3.63, 3.8) is 0 Å². The van der Waals surface area contributed by atoms with Crippen molar-refractivity contribution in [2.24, 2.45) is 5.92 Å². The predicted octanol–water partition coefficient (Wildman–Crippen LogP) is 3.01. The third-order valence-corrected chi connectivity index (χ3v) is 5.26. The molecule has 1 aromatic heterocycles. The molecule has 0 atom stereocenters. The van der Waals surface area contributed by atoms with Crippen molar-refractivity contribution in [2.75, 3.05) is 19.6 Å². The SMILES string of the molecule is O=C(NCCc1cscn1)C1CCN(C(=O)c2cccc(Cl)c2)CC1. The Bertz CT molecular complexity index is 728. The first-order valence-corrected chi connectivity index (χ1v) is 9.65. The predicted molar refractivity (Wildman–Crippen MR) is 98.9 cm³/mol. The number of thiazole rings is 1. The molecule has 1 fully saturated rings. The number of piperidine rings is 1. The van der Waals surface area contributed by atoms with Crippen LogP contribution in [-0.4, -0.2) is 41.3 Å². The van der Waals surface area contributed by atoms with Crippen molar-refractivity contribution < 1.29 is 9.59 Å². The second-order valence-electron chi connectivity index (χ2n) is 6.10. The summed E-state index contributed by atoms with van der Waals surface area (Å²) < 4.78 is 0. The van der Waals surface area contributed by atoms with Gasteiger partial charge in [0.2, 0.25) is 5.91 Å². The van der Waals surface area contributed by atoms with E-state index in [0.717, 1.165) is 12.1 Å². The number of carbonyl (C=O) groups is 2. The Morgan fingerprint density at radius 3 is 2.80 bits per heavy atom. The molecule has 7 heteroatoms. The summed E-state index contributed by atoms with van der Waals surface area (Å²) in [6.45, 7) is 1.79. The topological polar surface area (TPSA) is 62.3 Å². The maximum atomic E-state index is 12.5. The fourth-order valence-corrected chi connectivity index (χ4v) is 3.75. The van der Waals surface area contributed by atoms with Crippen LogP contribution in [0, 0.1) is 5.92 Å². The molecule has 2 amide bonds. The highest BCUT2D eigenvalue weighted by Gasteiger charge is 2.27. The Hall–Kier alpha value is -1.92. The average molecular weight is 378 g/mol. The van der Waals surface area contributed by atoms with E-state index < -0.39 is 0 Å². The number of hydrogen-bond donors (Lipinski definition) is 1. The number of carbonyl (C=O) groups excluding carboxylic acids is 2. The van der Waals surface area contributed by atoms with Crippen LogP contribution in [0.1, 0.15) is 28.9 Å². The zero-order chi connectivity index (χ0) is 17.6. The van der Waals surface area contributed by atoms with E-state index in [1.807, 2.05) is 5.38 Å². The van der Waals surface area contributed by atoms with Crippen LogP contribution in [0.5, 0.6) is 0 Å². The molecule has 3 rings (SSSR count). The Morgan fingerprint density at radius 1 is 1.32 bits per heavy atom. The number of halogens is 1. The minimum Gasteiger partial charge on any atom is -0.355 e. The van der Waals surface area contributed by atoms with Gasteiger partial charge in [-0.15, -0.1) is 11.3 Å². The van der Waals surface area contributed by atoms with Gasteiger partial charge in [0.1, 0.15) is 0 Å². The standard InChI is InChI=1S/C18H20ClN3O2S/c19-15-3-1-2-14(10-15)18(24)22-8-5-13(6-9-22)17(23)20-7-4-16-11-25-12-21-16/h1-3,10-13H,4-9H2,(H,20,23). The van der Waals surface area contributed by atoms with Crippen LogP contribution in [0.2, 0.25) is 5.02 Å². The van der Waals surface area contributed by atoms with Crippen LogP contribution in [0.25, 0.3) is 0 Å². The second-order valence-corrected chi connectivity index (χ2v) is 7.25. The number of nitrogens with one attached hydrogen (secondary N) is 1. The first-order chi connectivity index (χ1) is 12.1. The van der Waals surface area contributed by atoms with Crippen molar-refractivity contribution in [1.82, 2.24) is 15.2 Å². The molecule has 132 valence electrons. The van der Waals surface area contributed by atoms with E-state index >= 15 is 0 Å². The van der Waals surface area contributed by atoms with Gasteiger partial charge in [0.25, 0.3) is 5.91 Å². The monoisotopic (exact) mass is 377 g/mol. The lowest BCUT2D eigenvalue weighted by Gasteiger charge is -2.31. The van der Waals surface area contributed by atoms with Crippen LogP contribution in [0.4, 0.5) is 0 Å². The van der Waals surface area contributed by atoms with Gasteiger partial charge >= 0.3 is 0 Å². The summed E-state index contributed by atoms with van der Waals surface area (Å²) in [5.41, 5.74) is 3.40. The number of benzene rings is 1. The van der Waals surface area contributed by atoms with Gasteiger partial charge in [0.05, 0.1) is 11.2 Å². The number of aromatic nitrogens is 1. The van der Waals surface area contributed by atoms with Gasteiger partial charge in [0.15, 0.2) is 0 Å². The normalized spacial score (nSPS) is 15.2. The Kier molecular flexibility index (Phi) is 6.04. The first-order valence-electron chi connectivity index (χ1n) is 8.33. The van der Waals surface area contributed by atoms with Crippen LogP contribution >= 0.6 is 22.9 Å². The molecule has 0 aliphatic carbocycles. The fourth-order valence-electron chi connectivity index (χ4n) is 2.97.